The molecule has 3 rings (SSSR count). The molecular formula is C15H13N3O. The van der Waals surface area contributed by atoms with Gasteiger partial charge in [-0.15, -0.1) is 0 Å². The Kier molecular flexibility index (Phi) is 3.03. The summed E-state index contributed by atoms with van der Waals surface area (Å²) < 4.78 is 5.72. The Morgan fingerprint density at radius 1 is 1.21 bits per heavy atom. The fraction of sp³-hybridized carbons (Fsp3) is 0.200. The molecule has 1 aromatic carbocycles. The monoisotopic (exact) mass is 251 g/mol. The summed E-state index contributed by atoms with van der Waals surface area (Å²) in [6.45, 7) is 1.57. The summed E-state index contributed by atoms with van der Waals surface area (Å²) in [6.07, 6.45) is 2.54. The van der Waals surface area contributed by atoms with Crippen LogP contribution in [0.5, 0.6) is 5.75 Å². The highest BCUT2D eigenvalue weighted by Crippen LogP contribution is 2.34. The first kappa shape index (κ1) is 11.5. The van der Waals surface area contributed by atoms with Crippen LogP contribution in [0.4, 0.5) is 11.5 Å². The topological polar surface area (TPSA) is 49.2 Å². The third-order valence-corrected chi connectivity index (χ3v) is 3.09. The van der Waals surface area contributed by atoms with E-state index in [0.717, 1.165) is 30.2 Å². The summed E-state index contributed by atoms with van der Waals surface area (Å²) in [4.78, 5) is 6.49. The first-order valence-electron chi connectivity index (χ1n) is 6.24. The molecule has 0 bridgehead atoms. The lowest BCUT2D eigenvalue weighted by atomic mass is 10.2. The van der Waals surface area contributed by atoms with E-state index in [-0.39, 0.29) is 0 Å². The van der Waals surface area contributed by atoms with Gasteiger partial charge in [-0.05, 0) is 30.7 Å². The van der Waals surface area contributed by atoms with Crippen LogP contribution in [0.3, 0.4) is 0 Å². The van der Waals surface area contributed by atoms with Crippen LogP contribution in [-0.2, 0) is 0 Å². The fourth-order valence-electron chi connectivity index (χ4n) is 2.18. The Morgan fingerprint density at radius 3 is 2.89 bits per heavy atom. The summed E-state index contributed by atoms with van der Waals surface area (Å²) in [5.74, 6) is 1.73. The average molecular weight is 251 g/mol. The van der Waals surface area contributed by atoms with E-state index in [1.54, 1.807) is 12.3 Å². The van der Waals surface area contributed by atoms with Gasteiger partial charge in [-0.1, -0.05) is 12.1 Å². The molecule has 4 heteroatoms. The highest BCUT2D eigenvalue weighted by atomic mass is 16.5. The van der Waals surface area contributed by atoms with Crippen LogP contribution < -0.4 is 9.64 Å². The minimum absolute atomic E-state index is 0.572. The average Bonchev–Trinajstić information content (AvgIpc) is 2.70. The van der Waals surface area contributed by atoms with E-state index in [0.29, 0.717) is 12.2 Å². The van der Waals surface area contributed by atoms with Crippen molar-refractivity contribution in [3.05, 3.63) is 48.2 Å². The molecule has 1 aliphatic heterocycles. The number of para-hydroxylation sites is 2. The van der Waals surface area contributed by atoms with E-state index in [1.807, 2.05) is 30.3 Å². The SMILES string of the molecule is N#Cc1ccc(N2CCCOc3ccccc32)nc1. The molecule has 0 saturated carbocycles. The zero-order valence-electron chi connectivity index (χ0n) is 10.4. The van der Waals surface area contributed by atoms with Crippen LogP contribution in [0.15, 0.2) is 42.6 Å². The predicted octanol–water partition coefficient (Wildman–Crippen LogP) is 2.87. The lowest BCUT2D eigenvalue weighted by Crippen LogP contribution is -2.18. The van der Waals surface area contributed by atoms with Crippen LogP contribution in [-0.4, -0.2) is 18.1 Å². The van der Waals surface area contributed by atoms with Crippen LogP contribution in [0.25, 0.3) is 0 Å². The third-order valence-electron chi connectivity index (χ3n) is 3.09. The van der Waals surface area contributed by atoms with Crippen molar-refractivity contribution in [1.82, 2.24) is 4.98 Å². The maximum atomic E-state index is 8.82. The van der Waals surface area contributed by atoms with Crippen LogP contribution in [0, 0.1) is 11.3 Å². The molecule has 0 saturated heterocycles. The molecule has 19 heavy (non-hydrogen) atoms. The molecule has 2 aromatic rings. The largest absolute Gasteiger partial charge is 0.491 e. The normalized spacial score (nSPS) is 13.9. The van der Waals surface area contributed by atoms with Gasteiger partial charge >= 0.3 is 0 Å². The van der Waals surface area contributed by atoms with Gasteiger partial charge in [0, 0.05) is 12.7 Å². The Morgan fingerprint density at radius 2 is 2.11 bits per heavy atom. The highest BCUT2D eigenvalue weighted by molar-refractivity contribution is 5.67. The van der Waals surface area contributed by atoms with Gasteiger partial charge in [-0.25, -0.2) is 4.98 Å². The lowest BCUT2D eigenvalue weighted by Gasteiger charge is -2.22. The molecule has 0 amide bonds. The quantitative estimate of drug-likeness (QED) is 0.782. The Balaban J connectivity index is 2.01. The maximum absolute atomic E-state index is 8.82. The maximum Gasteiger partial charge on any atom is 0.142 e. The molecule has 0 radical (unpaired) electrons. The van der Waals surface area contributed by atoms with Crippen molar-refractivity contribution >= 4 is 11.5 Å². The number of nitrogens with zero attached hydrogens (tertiary/aromatic N) is 3. The number of benzene rings is 1. The number of hydrogen-bond acceptors (Lipinski definition) is 4. The summed E-state index contributed by atoms with van der Waals surface area (Å²) in [5.41, 5.74) is 1.60. The summed E-state index contributed by atoms with van der Waals surface area (Å²) in [5, 5.41) is 8.82. The van der Waals surface area contributed by atoms with E-state index in [9.17, 15) is 0 Å². The van der Waals surface area contributed by atoms with Crippen molar-refractivity contribution in [1.29, 1.82) is 5.26 Å². The predicted molar refractivity (Wildman–Crippen MR) is 72.5 cm³/mol. The molecule has 1 aliphatic rings. The van der Waals surface area contributed by atoms with Gasteiger partial charge < -0.3 is 9.64 Å². The number of aromatic nitrogens is 1. The van der Waals surface area contributed by atoms with Gasteiger partial charge in [0.1, 0.15) is 17.6 Å². The minimum Gasteiger partial charge on any atom is -0.491 e. The van der Waals surface area contributed by atoms with Crippen molar-refractivity contribution in [3.63, 3.8) is 0 Å². The number of pyridine rings is 1. The molecular weight excluding hydrogens is 238 g/mol. The van der Waals surface area contributed by atoms with E-state index < -0.39 is 0 Å². The molecule has 2 heterocycles. The van der Waals surface area contributed by atoms with E-state index in [4.69, 9.17) is 10.00 Å². The molecule has 0 unspecified atom stereocenters. The van der Waals surface area contributed by atoms with Crippen LogP contribution >= 0.6 is 0 Å². The van der Waals surface area contributed by atoms with Gasteiger partial charge in [0.05, 0.1) is 17.9 Å². The second-order valence-electron chi connectivity index (χ2n) is 4.34. The van der Waals surface area contributed by atoms with Gasteiger partial charge in [-0.3, -0.25) is 0 Å². The van der Waals surface area contributed by atoms with Crippen LogP contribution in [0.2, 0.25) is 0 Å². The molecule has 4 nitrogen and oxygen atoms in total. The second-order valence-corrected chi connectivity index (χ2v) is 4.34. The third kappa shape index (κ3) is 2.23. The van der Waals surface area contributed by atoms with Gasteiger partial charge in [0.25, 0.3) is 0 Å². The lowest BCUT2D eigenvalue weighted by molar-refractivity contribution is 0.322. The molecule has 0 N–H and O–H groups in total. The molecule has 1 aromatic heterocycles. The second kappa shape index (κ2) is 4.99. The van der Waals surface area contributed by atoms with Crippen molar-refractivity contribution in [2.24, 2.45) is 0 Å². The molecule has 0 spiro atoms. The Hall–Kier alpha value is -2.54. The standard InChI is InChI=1S/C15H13N3O/c16-10-12-6-7-15(17-11-12)18-8-3-9-19-14-5-2-1-4-13(14)18/h1-2,4-7,11H,3,8-9H2. The van der Waals surface area contributed by atoms with E-state index >= 15 is 0 Å². The Bertz CT molecular complexity index is 616. The number of hydrogen-bond donors (Lipinski definition) is 0. The number of fused-ring (bicyclic) bond motifs is 1. The molecule has 0 fully saturated rings. The summed E-state index contributed by atoms with van der Waals surface area (Å²) in [6, 6.07) is 13.7. The smallest absolute Gasteiger partial charge is 0.142 e. The fourth-order valence-corrected chi connectivity index (χ4v) is 2.18. The van der Waals surface area contributed by atoms with Crippen molar-refractivity contribution in [3.8, 4) is 11.8 Å². The van der Waals surface area contributed by atoms with Crippen molar-refractivity contribution in [2.75, 3.05) is 18.1 Å². The first-order chi connectivity index (χ1) is 9.38. The molecule has 0 atom stereocenters. The van der Waals surface area contributed by atoms with Gasteiger partial charge in [0.15, 0.2) is 0 Å². The summed E-state index contributed by atoms with van der Waals surface area (Å²) in [7, 11) is 0. The van der Waals surface area contributed by atoms with Gasteiger partial charge in [-0.2, -0.15) is 5.26 Å². The van der Waals surface area contributed by atoms with E-state index in [1.165, 1.54) is 0 Å². The van der Waals surface area contributed by atoms with Crippen molar-refractivity contribution in [2.45, 2.75) is 6.42 Å². The number of ether oxygens (including phenoxy) is 1. The number of rotatable bonds is 1. The zero-order valence-corrected chi connectivity index (χ0v) is 10.4. The molecule has 0 aliphatic carbocycles. The zero-order chi connectivity index (χ0) is 13.1. The van der Waals surface area contributed by atoms with Crippen molar-refractivity contribution < 1.29 is 4.74 Å². The Labute approximate surface area is 111 Å². The van der Waals surface area contributed by atoms with Crippen LogP contribution in [0.1, 0.15) is 12.0 Å². The highest BCUT2D eigenvalue weighted by Gasteiger charge is 2.18. The first-order valence-corrected chi connectivity index (χ1v) is 6.24. The summed E-state index contributed by atoms with van der Waals surface area (Å²) >= 11 is 0. The number of anilines is 2. The van der Waals surface area contributed by atoms with Gasteiger partial charge in [0.2, 0.25) is 0 Å². The molecule has 94 valence electrons. The van der Waals surface area contributed by atoms with E-state index in [2.05, 4.69) is 16.0 Å². The number of nitriles is 1. The minimum atomic E-state index is 0.572.